The number of rotatable bonds is 4. The number of fused-ring (bicyclic) bond motifs is 1. The minimum atomic E-state index is -0.523. The molecule has 2 aliphatic rings. The molecular weight excluding hydrogens is 440 g/mol. The average Bonchev–Trinajstić information content (AvgIpc) is 3.42. The average molecular weight is 465 g/mol. The van der Waals surface area contributed by atoms with E-state index < -0.39 is 6.04 Å². The van der Waals surface area contributed by atoms with Crippen LogP contribution >= 0.6 is 11.6 Å². The van der Waals surface area contributed by atoms with Crippen LogP contribution in [0, 0.1) is 5.92 Å². The quantitative estimate of drug-likeness (QED) is 0.631. The van der Waals surface area contributed by atoms with Crippen LogP contribution in [0.5, 0.6) is 0 Å². The van der Waals surface area contributed by atoms with Gasteiger partial charge in [0.15, 0.2) is 5.82 Å². The van der Waals surface area contributed by atoms with Gasteiger partial charge in [0.25, 0.3) is 5.91 Å². The number of tetrazole rings is 1. The minimum absolute atomic E-state index is 0.0806. The fraction of sp³-hybridized carbons (Fsp3) is 0.375. The predicted molar refractivity (Wildman–Crippen MR) is 125 cm³/mol. The first-order chi connectivity index (χ1) is 16.0. The summed E-state index contributed by atoms with van der Waals surface area (Å²) in [6.45, 7) is 0. The molecule has 0 unspecified atom stereocenters. The molecule has 1 saturated heterocycles. The number of hydrogen-bond donors (Lipinski definition) is 1. The van der Waals surface area contributed by atoms with Crippen molar-refractivity contribution < 1.29 is 9.59 Å². The molecule has 5 rings (SSSR count). The molecule has 2 amide bonds. The minimum Gasteiger partial charge on any atom is -0.324 e. The Hall–Kier alpha value is -3.26. The number of hydrogen-bond acceptors (Lipinski definition) is 5. The predicted octanol–water partition coefficient (Wildman–Crippen LogP) is 3.94. The van der Waals surface area contributed by atoms with Crippen LogP contribution in [0.1, 0.15) is 42.5 Å². The fourth-order valence-corrected chi connectivity index (χ4v) is 5.38. The largest absolute Gasteiger partial charge is 0.324 e. The van der Waals surface area contributed by atoms with E-state index in [0.29, 0.717) is 34.4 Å². The highest BCUT2D eigenvalue weighted by Gasteiger charge is 2.47. The van der Waals surface area contributed by atoms with Crippen LogP contribution in [-0.4, -0.2) is 49.0 Å². The molecule has 33 heavy (non-hydrogen) atoms. The number of halogens is 1. The number of nitrogens with one attached hydrogen (secondary N) is 1. The monoisotopic (exact) mass is 464 g/mol. The van der Waals surface area contributed by atoms with E-state index >= 15 is 0 Å². The zero-order valence-corrected chi connectivity index (χ0v) is 19.1. The van der Waals surface area contributed by atoms with Gasteiger partial charge in [-0.3, -0.25) is 9.59 Å². The second-order valence-electron chi connectivity index (χ2n) is 8.78. The molecule has 0 radical (unpaired) electrons. The first-order valence-corrected chi connectivity index (χ1v) is 11.6. The van der Waals surface area contributed by atoms with Gasteiger partial charge in [0.1, 0.15) is 6.04 Å². The summed E-state index contributed by atoms with van der Waals surface area (Å²) >= 11 is 6.14. The zero-order valence-electron chi connectivity index (χ0n) is 18.3. The second kappa shape index (κ2) is 8.94. The number of amides is 2. The van der Waals surface area contributed by atoms with E-state index in [1.807, 2.05) is 24.3 Å². The summed E-state index contributed by atoms with van der Waals surface area (Å²) in [7, 11) is 1.76. The van der Waals surface area contributed by atoms with Crippen molar-refractivity contribution >= 4 is 29.1 Å². The van der Waals surface area contributed by atoms with Crippen LogP contribution in [0.4, 0.5) is 5.69 Å². The van der Waals surface area contributed by atoms with Gasteiger partial charge in [-0.05, 0) is 65.9 Å². The number of carbonyl (C=O) groups is 2. The maximum Gasteiger partial charge on any atom is 0.254 e. The molecule has 1 aliphatic carbocycles. The Morgan fingerprint density at radius 1 is 1.09 bits per heavy atom. The Balaban J connectivity index is 1.41. The lowest BCUT2D eigenvalue weighted by molar-refractivity contribution is -0.120. The highest BCUT2D eigenvalue weighted by atomic mass is 35.5. The van der Waals surface area contributed by atoms with Crippen LogP contribution in [-0.2, 0) is 11.8 Å². The third kappa shape index (κ3) is 4.23. The Morgan fingerprint density at radius 3 is 2.70 bits per heavy atom. The van der Waals surface area contributed by atoms with Gasteiger partial charge in [-0.2, -0.15) is 0 Å². The zero-order chi connectivity index (χ0) is 22.9. The van der Waals surface area contributed by atoms with E-state index in [4.69, 9.17) is 11.6 Å². The van der Waals surface area contributed by atoms with E-state index in [9.17, 15) is 9.59 Å². The van der Waals surface area contributed by atoms with Crippen LogP contribution < -0.4 is 5.32 Å². The lowest BCUT2D eigenvalue weighted by atomic mass is 9.84. The highest BCUT2D eigenvalue weighted by Crippen LogP contribution is 2.41. The van der Waals surface area contributed by atoms with E-state index in [2.05, 4.69) is 20.8 Å². The normalized spacial score (nSPS) is 22.1. The third-order valence-corrected chi connectivity index (χ3v) is 6.94. The summed E-state index contributed by atoms with van der Waals surface area (Å²) in [5.41, 5.74) is 1.96. The first-order valence-electron chi connectivity index (χ1n) is 11.2. The molecule has 2 aromatic carbocycles. The summed E-state index contributed by atoms with van der Waals surface area (Å²) in [4.78, 5) is 28.8. The lowest BCUT2D eigenvalue weighted by Gasteiger charge is -2.33. The van der Waals surface area contributed by atoms with E-state index in [-0.39, 0.29) is 17.9 Å². The fourth-order valence-electron chi connectivity index (χ4n) is 5.19. The van der Waals surface area contributed by atoms with Crippen molar-refractivity contribution in [2.45, 2.75) is 44.2 Å². The molecule has 2 fully saturated rings. The summed E-state index contributed by atoms with van der Waals surface area (Å²) in [6.07, 6.45) is 4.86. The molecule has 0 bridgehead atoms. The molecule has 170 valence electrons. The van der Waals surface area contributed by atoms with Gasteiger partial charge in [0, 0.05) is 34.9 Å². The van der Waals surface area contributed by atoms with E-state index in [1.165, 1.54) is 0 Å². The topological polar surface area (TPSA) is 93.0 Å². The van der Waals surface area contributed by atoms with Crippen molar-refractivity contribution in [2.75, 3.05) is 5.32 Å². The van der Waals surface area contributed by atoms with Crippen LogP contribution in [0.2, 0.25) is 5.02 Å². The highest BCUT2D eigenvalue weighted by molar-refractivity contribution is 6.31. The van der Waals surface area contributed by atoms with E-state index in [1.54, 1.807) is 40.9 Å². The van der Waals surface area contributed by atoms with Crippen LogP contribution in [0.15, 0.2) is 48.5 Å². The molecule has 2 heterocycles. The Labute approximate surface area is 196 Å². The van der Waals surface area contributed by atoms with Gasteiger partial charge in [-0.25, -0.2) is 4.68 Å². The lowest BCUT2D eigenvalue weighted by Crippen LogP contribution is -2.47. The summed E-state index contributed by atoms with van der Waals surface area (Å²) < 4.78 is 1.58. The van der Waals surface area contributed by atoms with Crippen molar-refractivity contribution in [3.05, 3.63) is 59.1 Å². The number of anilines is 1. The van der Waals surface area contributed by atoms with Gasteiger partial charge in [-0.1, -0.05) is 42.6 Å². The van der Waals surface area contributed by atoms with Crippen molar-refractivity contribution in [3.63, 3.8) is 0 Å². The Kier molecular flexibility index (Phi) is 5.85. The second-order valence-corrected chi connectivity index (χ2v) is 9.22. The maximum atomic E-state index is 13.5. The maximum absolute atomic E-state index is 13.5. The van der Waals surface area contributed by atoms with Gasteiger partial charge >= 0.3 is 0 Å². The summed E-state index contributed by atoms with van der Waals surface area (Å²) in [6, 6.07) is 13.9. The van der Waals surface area contributed by atoms with Crippen molar-refractivity contribution in [2.24, 2.45) is 13.0 Å². The molecule has 1 N–H and O–H groups in total. The molecule has 0 spiro atoms. The number of benzene rings is 2. The molecule has 3 aromatic rings. The molecule has 9 heteroatoms. The number of likely N-dealkylation sites (tertiary alicyclic amines) is 1. The van der Waals surface area contributed by atoms with Gasteiger partial charge < -0.3 is 10.2 Å². The molecule has 1 saturated carbocycles. The first kappa shape index (κ1) is 21.6. The smallest absolute Gasteiger partial charge is 0.254 e. The molecule has 1 aromatic heterocycles. The van der Waals surface area contributed by atoms with Crippen molar-refractivity contribution in [1.82, 2.24) is 25.1 Å². The van der Waals surface area contributed by atoms with Gasteiger partial charge in [0.2, 0.25) is 5.91 Å². The summed E-state index contributed by atoms with van der Waals surface area (Å²) in [5, 5.41) is 15.1. The molecule has 1 aliphatic heterocycles. The van der Waals surface area contributed by atoms with Crippen LogP contribution in [0.25, 0.3) is 11.4 Å². The van der Waals surface area contributed by atoms with Gasteiger partial charge in [-0.15, -0.1) is 5.10 Å². The number of aromatic nitrogens is 4. The number of carbonyl (C=O) groups excluding carboxylic acids is 2. The third-order valence-electron chi connectivity index (χ3n) is 6.71. The number of aryl methyl sites for hydroxylation is 1. The van der Waals surface area contributed by atoms with Crippen molar-refractivity contribution in [3.8, 4) is 11.4 Å². The van der Waals surface area contributed by atoms with Gasteiger partial charge in [0.05, 0.1) is 0 Å². The van der Waals surface area contributed by atoms with Crippen molar-refractivity contribution in [1.29, 1.82) is 0 Å². The summed E-state index contributed by atoms with van der Waals surface area (Å²) in [5.74, 6) is 0.642. The molecule has 3 atom stereocenters. The Morgan fingerprint density at radius 2 is 1.91 bits per heavy atom. The Bertz CT molecular complexity index is 1190. The van der Waals surface area contributed by atoms with E-state index in [0.717, 1.165) is 31.2 Å². The number of nitrogens with zero attached hydrogens (tertiary/aromatic N) is 5. The molecule has 8 nitrogen and oxygen atoms in total. The van der Waals surface area contributed by atoms with Crippen LogP contribution in [0.3, 0.4) is 0 Å². The SMILES string of the molecule is Cn1nnnc1-c1cccc(NC(=O)[C@@H]2C[C@@H]3CCCC[C@H]3N2C(=O)c2cccc(Cl)c2)c1. The standard InChI is InChI=1S/C24H25ClN6O2/c1-30-22(27-28-29-30)16-7-5-10-19(13-16)26-23(32)21-14-15-6-2-3-11-20(15)31(21)24(33)17-8-4-9-18(25)12-17/h4-5,7-10,12-13,15,20-21H,2-3,6,11,14H2,1H3,(H,26,32)/t15-,20+,21-/m0/s1. The molecular formula is C24H25ClN6O2.